The molecule has 1 aromatic heterocycles. The molecule has 0 radical (unpaired) electrons. The molecule has 1 aliphatic carbocycles. The van der Waals surface area contributed by atoms with Crippen LogP contribution >= 0.6 is 0 Å². The molecule has 3 rings (SSSR count). The van der Waals surface area contributed by atoms with E-state index in [0.29, 0.717) is 13.2 Å². The minimum absolute atomic E-state index is 0.0311. The quantitative estimate of drug-likeness (QED) is 0.759. The lowest BCUT2D eigenvalue weighted by Gasteiger charge is -2.32. The molecule has 2 unspecified atom stereocenters. The van der Waals surface area contributed by atoms with Crippen LogP contribution in [0.15, 0.2) is 24.5 Å². The first-order valence-corrected chi connectivity index (χ1v) is 9.85. The molecule has 2 atom stereocenters. The van der Waals surface area contributed by atoms with Crippen LogP contribution in [0.3, 0.4) is 0 Å². The highest BCUT2D eigenvalue weighted by molar-refractivity contribution is 5.88. The average Bonchev–Trinajstić information content (AvgIpc) is 3.22. The largest absolute Gasteiger partial charge is 0.492 e. The Balaban J connectivity index is 1.42. The van der Waals surface area contributed by atoms with Crippen molar-refractivity contribution >= 4 is 11.8 Å². The fourth-order valence-electron chi connectivity index (χ4n) is 3.95. The summed E-state index contributed by atoms with van der Waals surface area (Å²) >= 11 is 0. The van der Waals surface area contributed by atoms with Gasteiger partial charge in [0.15, 0.2) is 0 Å². The van der Waals surface area contributed by atoms with Gasteiger partial charge in [-0.15, -0.1) is 0 Å². The topological polar surface area (TPSA) is 71.5 Å². The zero-order chi connectivity index (χ0) is 18.2. The molecule has 6 nitrogen and oxygen atoms in total. The van der Waals surface area contributed by atoms with Gasteiger partial charge < -0.3 is 15.0 Å². The molecule has 1 aliphatic heterocycles. The van der Waals surface area contributed by atoms with Crippen LogP contribution in [0.5, 0.6) is 5.75 Å². The molecule has 142 valence electrons. The van der Waals surface area contributed by atoms with E-state index in [0.717, 1.165) is 63.8 Å². The molecule has 1 aromatic rings. The van der Waals surface area contributed by atoms with E-state index in [1.165, 1.54) is 0 Å². The van der Waals surface area contributed by atoms with E-state index >= 15 is 0 Å². The number of carbonyl (C=O) groups is 2. The summed E-state index contributed by atoms with van der Waals surface area (Å²) in [6.45, 7) is 2.82. The van der Waals surface area contributed by atoms with Crippen molar-refractivity contribution in [2.24, 2.45) is 11.8 Å². The van der Waals surface area contributed by atoms with Crippen LogP contribution in [-0.2, 0) is 9.59 Å². The fourth-order valence-corrected chi connectivity index (χ4v) is 3.95. The lowest BCUT2D eigenvalue weighted by molar-refractivity contribution is -0.142. The number of carbonyl (C=O) groups excluding carboxylic acids is 2. The zero-order valence-corrected chi connectivity index (χ0v) is 15.4. The fraction of sp³-hybridized carbons (Fsp3) is 0.650. The Labute approximate surface area is 155 Å². The van der Waals surface area contributed by atoms with E-state index < -0.39 is 0 Å². The number of nitrogens with zero attached hydrogens (tertiary/aromatic N) is 2. The number of amides is 2. The standard InChI is InChI=1S/C20H29N3O3/c24-19(22-11-6-14-26-16-7-5-10-21-15-16)17-8-1-2-9-18(17)20(25)23-12-3-4-13-23/h5,7,10,15,17-18H,1-4,6,8-9,11-14H2,(H,22,24). The molecule has 1 saturated carbocycles. The average molecular weight is 359 g/mol. The number of aromatic nitrogens is 1. The van der Waals surface area contributed by atoms with Crippen molar-refractivity contribution in [2.45, 2.75) is 44.9 Å². The third-order valence-electron chi connectivity index (χ3n) is 5.36. The third kappa shape index (κ3) is 4.96. The lowest BCUT2D eigenvalue weighted by Crippen LogP contribution is -2.44. The molecule has 26 heavy (non-hydrogen) atoms. The van der Waals surface area contributed by atoms with Crippen molar-refractivity contribution in [1.29, 1.82) is 0 Å². The molecule has 2 amide bonds. The molecule has 2 aliphatic rings. The Bertz CT molecular complexity index is 587. The summed E-state index contributed by atoms with van der Waals surface area (Å²) in [7, 11) is 0. The van der Waals surface area contributed by atoms with Crippen molar-refractivity contribution in [3.05, 3.63) is 24.5 Å². The maximum absolute atomic E-state index is 12.8. The molecule has 0 aromatic carbocycles. The van der Waals surface area contributed by atoms with Crippen LogP contribution < -0.4 is 10.1 Å². The number of nitrogens with one attached hydrogen (secondary N) is 1. The van der Waals surface area contributed by atoms with Crippen LogP contribution in [0, 0.1) is 11.8 Å². The number of rotatable bonds is 7. The van der Waals surface area contributed by atoms with Gasteiger partial charge in [0.05, 0.1) is 12.8 Å². The molecule has 0 bridgehead atoms. The van der Waals surface area contributed by atoms with Crippen LogP contribution in [-0.4, -0.2) is 47.9 Å². The smallest absolute Gasteiger partial charge is 0.226 e. The van der Waals surface area contributed by atoms with Crippen LogP contribution in [0.25, 0.3) is 0 Å². The van der Waals surface area contributed by atoms with E-state index in [1.807, 2.05) is 17.0 Å². The predicted octanol–water partition coefficient (Wildman–Crippen LogP) is 2.40. The van der Waals surface area contributed by atoms with Crippen molar-refractivity contribution in [2.75, 3.05) is 26.2 Å². The summed E-state index contributed by atoms with van der Waals surface area (Å²) in [6.07, 6.45) is 10.0. The van der Waals surface area contributed by atoms with Gasteiger partial charge >= 0.3 is 0 Å². The van der Waals surface area contributed by atoms with Crippen molar-refractivity contribution in [3.63, 3.8) is 0 Å². The first-order valence-electron chi connectivity index (χ1n) is 9.85. The minimum atomic E-state index is -0.170. The number of likely N-dealkylation sites (tertiary alicyclic amines) is 1. The van der Waals surface area contributed by atoms with Crippen molar-refractivity contribution < 1.29 is 14.3 Å². The first-order chi connectivity index (χ1) is 12.8. The highest BCUT2D eigenvalue weighted by Crippen LogP contribution is 2.32. The molecule has 2 heterocycles. The van der Waals surface area contributed by atoms with E-state index in [9.17, 15) is 9.59 Å². The highest BCUT2D eigenvalue weighted by atomic mass is 16.5. The van der Waals surface area contributed by atoms with E-state index in [1.54, 1.807) is 12.4 Å². The molecular weight excluding hydrogens is 330 g/mol. The number of hydrogen-bond donors (Lipinski definition) is 1. The second-order valence-corrected chi connectivity index (χ2v) is 7.21. The van der Waals surface area contributed by atoms with Gasteiger partial charge in [-0.3, -0.25) is 14.6 Å². The third-order valence-corrected chi connectivity index (χ3v) is 5.36. The SMILES string of the molecule is O=C(NCCCOc1cccnc1)C1CCCCC1C(=O)N1CCCC1. The maximum Gasteiger partial charge on any atom is 0.226 e. The van der Waals surface area contributed by atoms with Gasteiger partial charge in [0.25, 0.3) is 0 Å². The van der Waals surface area contributed by atoms with Crippen LogP contribution in [0.1, 0.15) is 44.9 Å². The van der Waals surface area contributed by atoms with E-state index in [-0.39, 0.29) is 23.7 Å². The van der Waals surface area contributed by atoms with Gasteiger partial charge in [-0.1, -0.05) is 12.8 Å². The molecule has 6 heteroatoms. The second kappa shape index (κ2) is 9.55. The summed E-state index contributed by atoms with van der Waals surface area (Å²) < 4.78 is 5.59. The molecular formula is C20H29N3O3. The van der Waals surface area contributed by atoms with Gasteiger partial charge in [0.1, 0.15) is 5.75 Å². The normalized spacial score (nSPS) is 22.8. The van der Waals surface area contributed by atoms with Gasteiger partial charge in [-0.05, 0) is 44.2 Å². The monoisotopic (exact) mass is 359 g/mol. The Morgan fingerprint density at radius 3 is 2.65 bits per heavy atom. The maximum atomic E-state index is 12.8. The van der Waals surface area contributed by atoms with Gasteiger partial charge in [-0.2, -0.15) is 0 Å². The van der Waals surface area contributed by atoms with Gasteiger partial charge in [0.2, 0.25) is 11.8 Å². The summed E-state index contributed by atoms with van der Waals surface area (Å²) in [5.41, 5.74) is 0. The highest BCUT2D eigenvalue weighted by Gasteiger charge is 2.38. The molecule has 0 spiro atoms. The zero-order valence-electron chi connectivity index (χ0n) is 15.4. The molecule has 1 N–H and O–H groups in total. The Kier molecular flexibility index (Phi) is 6.86. The molecule has 1 saturated heterocycles. The number of ether oxygens (including phenoxy) is 1. The van der Waals surface area contributed by atoms with Crippen molar-refractivity contribution in [1.82, 2.24) is 15.2 Å². The van der Waals surface area contributed by atoms with Crippen LogP contribution in [0.2, 0.25) is 0 Å². The second-order valence-electron chi connectivity index (χ2n) is 7.21. The van der Waals surface area contributed by atoms with E-state index in [4.69, 9.17) is 4.74 Å². The lowest BCUT2D eigenvalue weighted by atomic mass is 9.78. The Morgan fingerprint density at radius 2 is 1.92 bits per heavy atom. The molecule has 2 fully saturated rings. The summed E-state index contributed by atoms with van der Waals surface area (Å²) in [4.78, 5) is 31.4. The Morgan fingerprint density at radius 1 is 1.15 bits per heavy atom. The van der Waals surface area contributed by atoms with Gasteiger partial charge in [0, 0.05) is 37.7 Å². The number of pyridine rings is 1. The van der Waals surface area contributed by atoms with Crippen molar-refractivity contribution in [3.8, 4) is 5.75 Å². The number of hydrogen-bond acceptors (Lipinski definition) is 4. The minimum Gasteiger partial charge on any atom is -0.492 e. The Hall–Kier alpha value is -2.11. The summed E-state index contributed by atoms with van der Waals surface area (Å²) in [5.74, 6) is 0.665. The predicted molar refractivity (Wildman–Crippen MR) is 98.6 cm³/mol. The van der Waals surface area contributed by atoms with E-state index in [2.05, 4.69) is 10.3 Å². The first kappa shape index (κ1) is 18.7. The van der Waals surface area contributed by atoms with Crippen LogP contribution in [0.4, 0.5) is 0 Å². The summed E-state index contributed by atoms with van der Waals surface area (Å²) in [5, 5.41) is 3.01. The van der Waals surface area contributed by atoms with Gasteiger partial charge in [-0.25, -0.2) is 0 Å². The summed E-state index contributed by atoms with van der Waals surface area (Å²) in [6, 6.07) is 3.69.